The lowest BCUT2D eigenvalue weighted by Crippen LogP contribution is -2.30. The molecule has 0 aliphatic heterocycles. The Balaban J connectivity index is 1.70. The van der Waals surface area contributed by atoms with Crippen LogP contribution in [0.25, 0.3) is 11.0 Å². The number of hydrogen-bond donors (Lipinski definition) is 1. The summed E-state index contributed by atoms with van der Waals surface area (Å²) in [5.41, 5.74) is 1.48. The largest absolute Gasteiger partial charge is 0.451 e. The number of fused-ring (bicyclic) bond motifs is 1. The van der Waals surface area contributed by atoms with E-state index in [9.17, 15) is 4.79 Å². The van der Waals surface area contributed by atoms with Crippen molar-refractivity contribution in [2.45, 2.75) is 20.1 Å². The molecule has 1 N–H and O–H groups in total. The summed E-state index contributed by atoms with van der Waals surface area (Å²) >= 11 is 0. The highest BCUT2D eigenvalue weighted by Gasteiger charge is 2.20. The molecule has 3 aromatic rings. The Labute approximate surface area is 140 Å². The van der Waals surface area contributed by atoms with Crippen LogP contribution in [0.5, 0.6) is 0 Å². The standard InChI is InChI=1S/C18H21N3O3/c1-13(11-21-9-5-8-20-21)10-19-18(22)17-15(12-23-2)14-6-3-4-7-16(14)24-17/h3-9,13H,10-12H2,1-2H3,(H,19,22)/t13-/m1/s1. The number of nitrogens with one attached hydrogen (secondary N) is 1. The zero-order valence-electron chi connectivity index (χ0n) is 13.9. The van der Waals surface area contributed by atoms with Gasteiger partial charge >= 0.3 is 0 Å². The predicted molar refractivity (Wildman–Crippen MR) is 90.7 cm³/mol. The summed E-state index contributed by atoms with van der Waals surface area (Å²) in [7, 11) is 1.61. The molecule has 2 heterocycles. The minimum Gasteiger partial charge on any atom is -0.451 e. The molecular formula is C18H21N3O3. The van der Waals surface area contributed by atoms with Gasteiger partial charge in [0.2, 0.25) is 0 Å². The summed E-state index contributed by atoms with van der Waals surface area (Å²) in [6.07, 6.45) is 3.66. The molecule has 0 saturated carbocycles. The van der Waals surface area contributed by atoms with Gasteiger partial charge in [0.05, 0.1) is 6.61 Å². The van der Waals surface area contributed by atoms with Crippen molar-refractivity contribution >= 4 is 16.9 Å². The molecule has 0 aliphatic carbocycles. The third-order valence-corrected chi connectivity index (χ3v) is 3.86. The van der Waals surface area contributed by atoms with E-state index in [4.69, 9.17) is 9.15 Å². The van der Waals surface area contributed by atoms with E-state index in [0.717, 1.165) is 17.5 Å². The summed E-state index contributed by atoms with van der Waals surface area (Å²) < 4.78 is 12.8. The fraction of sp³-hybridized carbons (Fsp3) is 0.333. The number of benzene rings is 1. The van der Waals surface area contributed by atoms with Gasteiger partial charge in [0, 0.05) is 43.5 Å². The first-order chi connectivity index (χ1) is 11.7. The number of carbonyl (C=O) groups excluding carboxylic acids is 1. The Bertz CT molecular complexity index is 808. The van der Waals surface area contributed by atoms with Crippen molar-refractivity contribution in [2.24, 2.45) is 5.92 Å². The molecule has 1 aromatic carbocycles. The van der Waals surface area contributed by atoms with E-state index in [1.165, 1.54) is 0 Å². The van der Waals surface area contributed by atoms with Crippen molar-refractivity contribution in [3.8, 4) is 0 Å². The number of carbonyl (C=O) groups is 1. The maximum Gasteiger partial charge on any atom is 0.287 e. The Morgan fingerprint density at radius 1 is 1.38 bits per heavy atom. The highest BCUT2D eigenvalue weighted by molar-refractivity contribution is 5.99. The second kappa shape index (κ2) is 7.31. The van der Waals surface area contributed by atoms with Crippen LogP contribution in [-0.4, -0.2) is 29.3 Å². The summed E-state index contributed by atoms with van der Waals surface area (Å²) in [5.74, 6) is 0.360. The number of amides is 1. The molecule has 6 nitrogen and oxygen atoms in total. The van der Waals surface area contributed by atoms with E-state index in [0.29, 0.717) is 24.5 Å². The second-order valence-corrected chi connectivity index (χ2v) is 5.88. The smallest absolute Gasteiger partial charge is 0.287 e. The van der Waals surface area contributed by atoms with Crippen molar-refractivity contribution < 1.29 is 13.9 Å². The van der Waals surface area contributed by atoms with E-state index in [1.807, 2.05) is 41.2 Å². The van der Waals surface area contributed by atoms with Gasteiger partial charge in [0.1, 0.15) is 5.58 Å². The summed E-state index contributed by atoms with van der Waals surface area (Å²) in [5, 5.41) is 8.03. The molecule has 6 heteroatoms. The maximum atomic E-state index is 12.5. The average Bonchev–Trinajstić information content (AvgIpc) is 3.21. The number of rotatable bonds is 7. The summed E-state index contributed by atoms with van der Waals surface area (Å²) in [6.45, 7) is 3.69. The van der Waals surface area contributed by atoms with Gasteiger partial charge in [-0.2, -0.15) is 5.10 Å². The Morgan fingerprint density at radius 2 is 2.21 bits per heavy atom. The van der Waals surface area contributed by atoms with Gasteiger partial charge < -0.3 is 14.5 Å². The van der Waals surface area contributed by atoms with Crippen LogP contribution in [0.3, 0.4) is 0 Å². The fourth-order valence-corrected chi connectivity index (χ4v) is 2.71. The average molecular weight is 327 g/mol. The number of para-hydroxylation sites is 1. The van der Waals surface area contributed by atoms with Gasteiger partial charge in [0.15, 0.2) is 5.76 Å². The molecule has 3 rings (SSSR count). The summed E-state index contributed by atoms with van der Waals surface area (Å²) in [6, 6.07) is 9.48. The molecular weight excluding hydrogens is 306 g/mol. The first-order valence-electron chi connectivity index (χ1n) is 7.94. The first-order valence-corrected chi connectivity index (χ1v) is 7.94. The third-order valence-electron chi connectivity index (χ3n) is 3.86. The zero-order valence-corrected chi connectivity index (χ0v) is 13.9. The number of hydrogen-bond acceptors (Lipinski definition) is 4. The van der Waals surface area contributed by atoms with Gasteiger partial charge in [-0.1, -0.05) is 25.1 Å². The molecule has 0 fully saturated rings. The van der Waals surface area contributed by atoms with Crippen molar-refractivity contribution in [3.63, 3.8) is 0 Å². The van der Waals surface area contributed by atoms with Crippen molar-refractivity contribution in [1.29, 1.82) is 0 Å². The topological polar surface area (TPSA) is 69.3 Å². The van der Waals surface area contributed by atoms with Gasteiger partial charge in [0.25, 0.3) is 5.91 Å². The number of nitrogens with zero attached hydrogens (tertiary/aromatic N) is 2. The van der Waals surface area contributed by atoms with Crippen molar-refractivity contribution in [1.82, 2.24) is 15.1 Å². The molecule has 0 radical (unpaired) electrons. The molecule has 0 aliphatic rings. The second-order valence-electron chi connectivity index (χ2n) is 5.88. The number of furan rings is 1. The molecule has 24 heavy (non-hydrogen) atoms. The highest BCUT2D eigenvalue weighted by atomic mass is 16.5. The van der Waals surface area contributed by atoms with Gasteiger partial charge in [-0.25, -0.2) is 0 Å². The minimum absolute atomic E-state index is 0.217. The molecule has 126 valence electrons. The lowest BCUT2D eigenvalue weighted by atomic mass is 10.1. The van der Waals surface area contributed by atoms with Gasteiger partial charge in [-0.15, -0.1) is 0 Å². The Morgan fingerprint density at radius 3 is 2.96 bits per heavy atom. The quantitative estimate of drug-likeness (QED) is 0.724. The molecule has 0 spiro atoms. The fourth-order valence-electron chi connectivity index (χ4n) is 2.71. The molecule has 1 amide bonds. The molecule has 2 aromatic heterocycles. The van der Waals surface area contributed by atoms with E-state index >= 15 is 0 Å². The van der Waals surface area contributed by atoms with E-state index in [-0.39, 0.29) is 11.8 Å². The third kappa shape index (κ3) is 3.49. The monoisotopic (exact) mass is 327 g/mol. The predicted octanol–water partition coefficient (Wildman–Crippen LogP) is 2.84. The van der Waals surface area contributed by atoms with E-state index < -0.39 is 0 Å². The molecule has 0 unspecified atom stereocenters. The SMILES string of the molecule is COCc1c(C(=O)NC[C@@H](C)Cn2cccn2)oc2ccccc12. The van der Waals surface area contributed by atoms with Crippen LogP contribution < -0.4 is 5.32 Å². The normalized spacial score (nSPS) is 12.4. The van der Waals surface area contributed by atoms with Crippen LogP contribution >= 0.6 is 0 Å². The maximum absolute atomic E-state index is 12.5. The van der Waals surface area contributed by atoms with Crippen LogP contribution in [0.4, 0.5) is 0 Å². The van der Waals surface area contributed by atoms with Crippen LogP contribution in [-0.2, 0) is 17.9 Å². The van der Waals surface area contributed by atoms with Crippen LogP contribution in [0.15, 0.2) is 47.1 Å². The van der Waals surface area contributed by atoms with Crippen molar-refractivity contribution in [2.75, 3.05) is 13.7 Å². The highest BCUT2D eigenvalue weighted by Crippen LogP contribution is 2.26. The Kier molecular flexibility index (Phi) is 4.96. The number of methoxy groups -OCH3 is 1. The first kappa shape index (κ1) is 16.3. The number of aromatic nitrogens is 2. The zero-order chi connectivity index (χ0) is 16.9. The number of ether oxygens (including phenoxy) is 1. The van der Waals surface area contributed by atoms with Crippen LogP contribution in [0.2, 0.25) is 0 Å². The molecule has 0 saturated heterocycles. The van der Waals surface area contributed by atoms with Gasteiger partial charge in [-0.3, -0.25) is 9.48 Å². The van der Waals surface area contributed by atoms with Gasteiger partial charge in [-0.05, 0) is 18.1 Å². The summed E-state index contributed by atoms with van der Waals surface area (Å²) in [4.78, 5) is 12.5. The van der Waals surface area contributed by atoms with Crippen LogP contribution in [0.1, 0.15) is 23.0 Å². The Hall–Kier alpha value is -2.60. The lowest BCUT2D eigenvalue weighted by Gasteiger charge is -2.12. The van der Waals surface area contributed by atoms with E-state index in [1.54, 1.807) is 13.3 Å². The molecule has 1 atom stereocenters. The minimum atomic E-state index is -0.217. The van der Waals surface area contributed by atoms with Crippen LogP contribution in [0, 0.1) is 5.92 Å². The van der Waals surface area contributed by atoms with Crippen molar-refractivity contribution in [3.05, 3.63) is 54.0 Å². The van der Waals surface area contributed by atoms with E-state index in [2.05, 4.69) is 17.3 Å². The lowest BCUT2D eigenvalue weighted by molar-refractivity contribution is 0.0914. The molecule has 0 bridgehead atoms.